The lowest BCUT2D eigenvalue weighted by molar-refractivity contribution is 0.318. The maximum Gasteiger partial charge on any atom is 0.174 e. The van der Waals surface area contributed by atoms with E-state index in [1.807, 2.05) is 0 Å². The Balaban J connectivity index is 2.64. The molecule has 2 aromatic rings. The van der Waals surface area contributed by atoms with E-state index in [9.17, 15) is 4.39 Å². The molecule has 0 amide bonds. The topological polar surface area (TPSA) is 87.6 Å². The predicted octanol–water partition coefficient (Wildman–Crippen LogP) is 2.09. The Hall–Kier alpha value is -2.70. The molecule has 1 heterocycles. The Labute approximate surface area is 121 Å². The molecule has 21 heavy (non-hydrogen) atoms. The van der Waals surface area contributed by atoms with Crippen molar-refractivity contribution in [2.75, 3.05) is 11.9 Å². The van der Waals surface area contributed by atoms with Crippen LogP contribution in [-0.4, -0.2) is 28.3 Å². The highest BCUT2D eigenvalue weighted by atomic mass is 19.1. The van der Waals surface area contributed by atoms with E-state index in [2.05, 4.69) is 15.4 Å². The Bertz CT molecular complexity index is 702. The average Bonchev–Trinajstić information content (AvgIpc) is 2.49. The molecule has 2 rings (SSSR count). The highest BCUT2D eigenvalue weighted by Gasteiger charge is 2.20. The number of benzene rings is 1. The lowest BCUT2D eigenvalue weighted by atomic mass is 10.1. The summed E-state index contributed by atoms with van der Waals surface area (Å²) in [7, 11) is 1.64. The molecule has 0 unspecified atom stereocenters. The third-order valence-electron chi connectivity index (χ3n) is 3.33. The summed E-state index contributed by atoms with van der Waals surface area (Å²) in [5.41, 5.74) is 7.85. The number of halogens is 1. The van der Waals surface area contributed by atoms with E-state index in [1.165, 1.54) is 11.0 Å². The maximum absolute atomic E-state index is 13.9. The van der Waals surface area contributed by atoms with Crippen molar-refractivity contribution in [1.29, 1.82) is 0 Å². The van der Waals surface area contributed by atoms with Gasteiger partial charge in [-0.3, -0.25) is 0 Å². The number of nitrogens with zero attached hydrogens (tertiary/aromatic N) is 4. The number of anilines is 2. The molecule has 1 aromatic heterocycles. The molecular formula is C14H16FN5O. The molecule has 0 atom stereocenters. The Kier molecular flexibility index (Phi) is 4.02. The molecule has 0 spiro atoms. The third-order valence-corrected chi connectivity index (χ3v) is 3.33. The second kappa shape index (κ2) is 5.74. The minimum Gasteiger partial charge on any atom is -0.409 e. The van der Waals surface area contributed by atoms with Crippen LogP contribution in [0.4, 0.5) is 15.9 Å². The molecule has 1 aromatic carbocycles. The number of amidine groups is 1. The van der Waals surface area contributed by atoms with Crippen LogP contribution < -0.4 is 10.6 Å². The quantitative estimate of drug-likeness (QED) is 0.391. The van der Waals surface area contributed by atoms with E-state index in [0.29, 0.717) is 22.8 Å². The fraction of sp³-hybridized carbons (Fsp3) is 0.214. The van der Waals surface area contributed by atoms with Gasteiger partial charge in [-0.25, -0.2) is 4.39 Å². The molecule has 0 bridgehead atoms. The van der Waals surface area contributed by atoms with Crippen LogP contribution in [0.1, 0.15) is 16.8 Å². The lowest BCUT2D eigenvalue weighted by Crippen LogP contribution is -2.24. The van der Waals surface area contributed by atoms with Gasteiger partial charge in [-0.15, -0.1) is 5.10 Å². The van der Waals surface area contributed by atoms with E-state index in [0.717, 1.165) is 5.56 Å². The number of hydrogen-bond donors (Lipinski definition) is 2. The molecule has 7 heteroatoms. The smallest absolute Gasteiger partial charge is 0.174 e. The summed E-state index contributed by atoms with van der Waals surface area (Å²) in [6, 6.07) is 6.28. The van der Waals surface area contributed by atoms with Gasteiger partial charge in [0.25, 0.3) is 0 Å². The predicted molar refractivity (Wildman–Crippen MR) is 78.5 cm³/mol. The van der Waals surface area contributed by atoms with Crippen molar-refractivity contribution in [1.82, 2.24) is 10.2 Å². The van der Waals surface area contributed by atoms with Crippen molar-refractivity contribution < 1.29 is 9.60 Å². The molecule has 0 aliphatic heterocycles. The summed E-state index contributed by atoms with van der Waals surface area (Å²) in [4.78, 5) is 1.52. The first-order chi connectivity index (χ1) is 9.97. The number of hydrogen-bond acceptors (Lipinski definition) is 5. The van der Waals surface area contributed by atoms with Crippen molar-refractivity contribution in [3.8, 4) is 0 Å². The van der Waals surface area contributed by atoms with Crippen LogP contribution >= 0.6 is 0 Å². The lowest BCUT2D eigenvalue weighted by Gasteiger charge is -2.22. The summed E-state index contributed by atoms with van der Waals surface area (Å²) < 4.78 is 13.9. The number of para-hydroxylation sites is 1. The van der Waals surface area contributed by atoms with E-state index in [1.54, 1.807) is 39.1 Å². The zero-order valence-corrected chi connectivity index (χ0v) is 12.0. The molecule has 110 valence electrons. The number of rotatable bonds is 3. The van der Waals surface area contributed by atoms with Crippen molar-refractivity contribution in [3.63, 3.8) is 0 Å². The molecule has 0 saturated heterocycles. The molecule has 0 fully saturated rings. The Morgan fingerprint density at radius 2 is 1.95 bits per heavy atom. The highest BCUT2D eigenvalue weighted by molar-refractivity contribution is 6.03. The standard InChI is InChI=1S/C14H16FN5O/c1-8-9(2)17-18-14(12(8)13(16)19-21)20(3)11-7-5-4-6-10(11)15/h4-7,21H,1-3H3,(H2,16,19). The maximum atomic E-state index is 13.9. The monoisotopic (exact) mass is 289 g/mol. The van der Waals surface area contributed by atoms with E-state index < -0.39 is 5.82 Å². The summed E-state index contributed by atoms with van der Waals surface area (Å²) in [5, 5.41) is 20.1. The Morgan fingerprint density at radius 1 is 1.29 bits per heavy atom. The molecule has 3 N–H and O–H groups in total. The van der Waals surface area contributed by atoms with Gasteiger partial charge in [-0.05, 0) is 31.5 Å². The normalized spacial score (nSPS) is 11.5. The van der Waals surface area contributed by atoms with E-state index in [4.69, 9.17) is 10.9 Å². The van der Waals surface area contributed by atoms with Crippen LogP contribution in [0.5, 0.6) is 0 Å². The van der Waals surface area contributed by atoms with Gasteiger partial charge in [0.15, 0.2) is 11.7 Å². The zero-order valence-electron chi connectivity index (χ0n) is 12.0. The van der Waals surface area contributed by atoms with Gasteiger partial charge in [0.2, 0.25) is 0 Å². The van der Waals surface area contributed by atoms with Crippen LogP contribution in [0, 0.1) is 19.7 Å². The van der Waals surface area contributed by atoms with Gasteiger partial charge in [0, 0.05) is 7.05 Å². The van der Waals surface area contributed by atoms with Gasteiger partial charge in [0.1, 0.15) is 5.82 Å². The fourth-order valence-electron chi connectivity index (χ4n) is 2.03. The number of oxime groups is 1. The SMILES string of the molecule is Cc1nnc(N(C)c2ccccc2F)c(C(N)=NO)c1C. The van der Waals surface area contributed by atoms with Gasteiger partial charge in [-0.1, -0.05) is 17.3 Å². The van der Waals surface area contributed by atoms with Crippen LogP contribution in [-0.2, 0) is 0 Å². The first kappa shape index (κ1) is 14.7. The van der Waals surface area contributed by atoms with Crippen molar-refractivity contribution in [2.24, 2.45) is 10.9 Å². The highest BCUT2D eigenvalue weighted by Crippen LogP contribution is 2.28. The van der Waals surface area contributed by atoms with Gasteiger partial charge >= 0.3 is 0 Å². The largest absolute Gasteiger partial charge is 0.409 e. The molecule has 0 radical (unpaired) electrons. The number of aromatic nitrogens is 2. The first-order valence-corrected chi connectivity index (χ1v) is 6.27. The van der Waals surface area contributed by atoms with Gasteiger partial charge in [-0.2, -0.15) is 5.10 Å². The van der Waals surface area contributed by atoms with Crippen LogP contribution in [0.3, 0.4) is 0 Å². The summed E-state index contributed by atoms with van der Waals surface area (Å²) >= 11 is 0. The van der Waals surface area contributed by atoms with Gasteiger partial charge in [0.05, 0.1) is 16.9 Å². The molecule has 0 aliphatic rings. The second-order valence-corrected chi connectivity index (χ2v) is 4.60. The second-order valence-electron chi connectivity index (χ2n) is 4.60. The number of nitrogens with two attached hydrogens (primary N) is 1. The number of aryl methyl sites for hydroxylation is 1. The minimum absolute atomic E-state index is 0.0938. The summed E-state index contributed by atoms with van der Waals surface area (Å²) in [5.74, 6) is -0.173. The summed E-state index contributed by atoms with van der Waals surface area (Å²) in [6.07, 6.45) is 0. The van der Waals surface area contributed by atoms with E-state index >= 15 is 0 Å². The molecule has 0 saturated carbocycles. The molecular weight excluding hydrogens is 273 g/mol. The molecule has 0 aliphatic carbocycles. The third kappa shape index (κ3) is 2.62. The van der Waals surface area contributed by atoms with Crippen LogP contribution in [0.15, 0.2) is 29.4 Å². The van der Waals surface area contributed by atoms with Crippen molar-refractivity contribution in [3.05, 3.63) is 46.9 Å². The first-order valence-electron chi connectivity index (χ1n) is 6.27. The fourth-order valence-corrected chi connectivity index (χ4v) is 2.03. The summed E-state index contributed by atoms with van der Waals surface area (Å²) in [6.45, 7) is 3.56. The van der Waals surface area contributed by atoms with E-state index in [-0.39, 0.29) is 5.84 Å². The molecule has 6 nitrogen and oxygen atoms in total. The van der Waals surface area contributed by atoms with Gasteiger partial charge < -0.3 is 15.8 Å². The zero-order chi connectivity index (χ0) is 15.6. The average molecular weight is 289 g/mol. The van der Waals surface area contributed by atoms with Crippen LogP contribution in [0.25, 0.3) is 0 Å². The van der Waals surface area contributed by atoms with Crippen molar-refractivity contribution >= 4 is 17.3 Å². The Morgan fingerprint density at radius 3 is 2.57 bits per heavy atom. The minimum atomic E-state index is -0.398. The van der Waals surface area contributed by atoms with Crippen LogP contribution in [0.2, 0.25) is 0 Å². The van der Waals surface area contributed by atoms with Crippen molar-refractivity contribution in [2.45, 2.75) is 13.8 Å².